The van der Waals surface area contributed by atoms with Gasteiger partial charge in [0.15, 0.2) is 10.9 Å². The number of para-hydroxylation sites is 1. The zero-order valence-corrected chi connectivity index (χ0v) is 20.0. The summed E-state index contributed by atoms with van der Waals surface area (Å²) in [7, 11) is 1.40. The van der Waals surface area contributed by atoms with Crippen molar-refractivity contribution in [1.29, 1.82) is 0 Å². The topological polar surface area (TPSA) is 92.6 Å². The van der Waals surface area contributed by atoms with Crippen LogP contribution in [0.4, 0.5) is 11.4 Å². The molecule has 0 aliphatic carbocycles. The fourth-order valence-electron chi connectivity index (χ4n) is 3.23. The van der Waals surface area contributed by atoms with Gasteiger partial charge in [0.2, 0.25) is 0 Å². The largest absolute Gasteiger partial charge is 0.494 e. The molecule has 172 valence electrons. The fraction of sp³-hybridized carbons (Fsp3) is 0.0417. The summed E-state index contributed by atoms with van der Waals surface area (Å²) in [5.74, 6) is -0.569. The molecular weight excluding hydrogens is 497 g/mol. The van der Waals surface area contributed by atoms with Crippen LogP contribution in [0.15, 0.2) is 71.1 Å². The molecule has 0 atom stereocenters. The van der Waals surface area contributed by atoms with Gasteiger partial charge in [0.1, 0.15) is 11.3 Å². The van der Waals surface area contributed by atoms with Crippen LogP contribution in [-0.2, 0) is 0 Å². The van der Waals surface area contributed by atoms with E-state index >= 15 is 0 Å². The predicted octanol–water partition coefficient (Wildman–Crippen LogP) is 6.13. The monoisotopic (exact) mass is 513 g/mol. The second-order valence-electron chi connectivity index (χ2n) is 7.06. The first-order valence-electron chi connectivity index (χ1n) is 9.89. The van der Waals surface area contributed by atoms with E-state index in [0.29, 0.717) is 17.0 Å². The number of thiocarbonyl (C=S) groups is 1. The molecule has 10 heteroatoms. The zero-order valence-electron chi connectivity index (χ0n) is 17.6. The summed E-state index contributed by atoms with van der Waals surface area (Å²) < 4.78 is 10.8. The standard InChI is InChI=1S/C24H17Cl2N3O4S/c1-32-21-17(10-14(25)11-18(21)26)22(30)29-24(34)28-16-7-4-6-15(12-16)27-23(31)20-9-13-5-2-3-8-19(13)33-20/h2-12H,1H3,(H,27,31)(H2,28,29,30,34). The predicted molar refractivity (Wildman–Crippen MR) is 137 cm³/mol. The van der Waals surface area contributed by atoms with E-state index in [1.165, 1.54) is 19.2 Å². The van der Waals surface area contributed by atoms with Crippen LogP contribution < -0.4 is 20.7 Å². The molecule has 0 aliphatic rings. The van der Waals surface area contributed by atoms with Crippen LogP contribution in [-0.4, -0.2) is 24.0 Å². The van der Waals surface area contributed by atoms with Gasteiger partial charge in [-0.05, 0) is 54.7 Å². The number of carbonyl (C=O) groups excluding carboxylic acids is 2. The minimum atomic E-state index is -0.548. The summed E-state index contributed by atoms with van der Waals surface area (Å²) >= 11 is 17.3. The fourth-order valence-corrected chi connectivity index (χ4v) is 4.01. The Morgan fingerprint density at radius 2 is 1.65 bits per heavy atom. The van der Waals surface area contributed by atoms with Gasteiger partial charge < -0.3 is 19.8 Å². The van der Waals surface area contributed by atoms with Crippen molar-refractivity contribution in [3.63, 3.8) is 0 Å². The molecule has 1 aromatic heterocycles. The average Bonchev–Trinajstić information content (AvgIpc) is 3.23. The van der Waals surface area contributed by atoms with E-state index in [1.807, 2.05) is 18.2 Å². The number of ether oxygens (including phenoxy) is 1. The van der Waals surface area contributed by atoms with Gasteiger partial charge >= 0.3 is 0 Å². The second-order valence-corrected chi connectivity index (χ2v) is 8.31. The van der Waals surface area contributed by atoms with Gasteiger partial charge in [-0.25, -0.2) is 0 Å². The van der Waals surface area contributed by atoms with Crippen molar-refractivity contribution in [2.75, 3.05) is 17.7 Å². The van der Waals surface area contributed by atoms with Crippen LogP contribution in [0.3, 0.4) is 0 Å². The van der Waals surface area contributed by atoms with E-state index < -0.39 is 11.8 Å². The molecule has 3 aromatic carbocycles. The SMILES string of the molecule is COc1c(Cl)cc(Cl)cc1C(=O)NC(=S)Nc1cccc(NC(=O)c2cc3ccccc3o2)c1. The average molecular weight is 514 g/mol. The Kier molecular flexibility index (Phi) is 7.02. The minimum Gasteiger partial charge on any atom is -0.494 e. The first-order chi connectivity index (χ1) is 16.3. The number of halogens is 2. The van der Waals surface area contributed by atoms with Gasteiger partial charge in [0, 0.05) is 21.8 Å². The minimum absolute atomic E-state index is 0.0314. The van der Waals surface area contributed by atoms with E-state index in [9.17, 15) is 9.59 Å². The smallest absolute Gasteiger partial charge is 0.291 e. The van der Waals surface area contributed by atoms with Gasteiger partial charge in [0.25, 0.3) is 11.8 Å². The molecule has 0 aliphatic heterocycles. The van der Waals surface area contributed by atoms with Crippen molar-refractivity contribution in [3.8, 4) is 5.75 Å². The molecule has 0 saturated carbocycles. The summed E-state index contributed by atoms with van der Waals surface area (Å²) in [4.78, 5) is 25.3. The maximum Gasteiger partial charge on any atom is 0.291 e. The van der Waals surface area contributed by atoms with Crippen LogP contribution in [0.25, 0.3) is 11.0 Å². The van der Waals surface area contributed by atoms with Gasteiger partial charge in [-0.2, -0.15) is 0 Å². The summed E-state index contributed by atoms with van der Waals surface area (Å²) in [5.41, 5.74) is 1.81. The molecule has 0 bridgehead atoms. The molecule has 34 heavy (non-hydrogen) atoms. The third kappa shape index (κ3) is 5.31. The molecule has 0 saturated heterocycles. The lowest BCUT2D eigenvalue weighted by Crippen LogP contribution is -2.34. The molecule has 4 aromatic rings. The summed E-state index contributed by atoms with van der Waals surface area (Å²) in [5, 5.41) is 9.58. The van der Waals surface area contributed by atoms with Gasteiger partial charge in [-0.1, -0.05) is 47.5 Å². The lowest BCUT2D eigenvalue weighted by molar-refractivity contribution is 0.0972. The van der Waals surface area contributed by atoms with Gasteiger partial charge in [-0.15, -0.1) is 0 Å². The molecule has 0 spiro atoms. The van der Waals surface area contributed by atoms with Crippen molar-refractivity contribution < 1.29 is 18.7 Å². The Labute approximate surface area is 210 Å². The molecule has 1 heterocycles. The van der Waals surface area contributed by atoms with E-state index in [2.05, 4.69) is 16.0 Å². The third-order valence-electron chi connectivity index (χ3n) is 4.71. The Morgan fingerprint density at radius 1 is 0.912 bits per heavy atom. The molecule has 3 N–H and O–H groups in total. The highest BCUT2D eigenvalue weighted by molar-refractivity contribution is 7.80. The maximum absolute atomic E-state index is 12.7. The molecule has 0 fully saturated rings. The van der Waals surface area contributed by atoms with Crippen LogP contribution in [0, 0.1) is 0 Å². The molecule has 0 radical (unpaired) electrons. The lowest BCUT2D eigenvalue weighted by atomic mass is 10.2. The van der Waals surface area contributed by atoms with Crippen LogP contribution >= 0.6 is 35.4 Å². The lowest BCUT2D eigenvalue weighted by Gasteiger charge is -2.13. The van der Waals surface area contributed by atoms with Crippen LogP contribution in [0.2, 0.25) is 10.0 Å². The van der Waals surface area contributed by atoms with E-state index in [0.717, 1.165) is 5.39 Å². The van der Waals surface area contributed by atoms with Gasteiger partial charge in [0.05, 0.1) is 17.7 Å². The number of fused-ring (bicyclic) bond motifs is 1. The Morgan fingerprint density at radius 3 is 2.38 bits per heavy atom. The van der Waals surface area contributed by atoms with E-state index in [4.69, 9.17) is 44.6 Å². The number of hydrogen-bond donors (Lipinski definition) is 3. The Balaban J connectivity index is 1.42. The molecular formula is C24H17Cl2N3O4S. The number of carbonyl (C=O) groups is 2. The Hall–Kier alpha value is -3.59. The first-order valence-corrected chi connectivity index (χ1v) is 11.1. The number of amides is 2. The Bertz CT molecular complexity index is 1390. The zero-order chi connectivity index (χ0) is 24.2. The first kappa shape index (κ1) is 23.6. The normalized spacial score (nSPS) is 10.6. The highest BCUT2D eigenvalue weighted by Gasteiger charge is 2.18. The number of nitrogens with one attached hydrogen (secondary N) is 3. The molecule has 2 amide bonds. The highest BCUT2D eigenvalue weighted by atomic mass is 35.5. The molecule has 7 nitrogen and oxygen atoms in total. The molecule has 4 rings (SSSR count). The number of benzene rings is 3. The number of rotatable bonds is 5. The van der Waals surface area contributed by atoms with Crippen LogP contribution in [0.1, 0.15) is 20.9 Å². The summed E-state index contributed by atoms with van der Waals surface area (Å²) in [6.07, 6.45) is 0. The third-order valence-corrected chi connectivity index (χ3v) is 5.41. The molecule has 0 unspecified atom stereocenters. The van der Waals surface area contributed by atoms with E-state index in [1.54, 1.807) is 36.4 Å². The maximum atomic E-state index is 12.7. The second kappa shape index (κ2) is 10.1. The van der Waals surface area contributed by atoms with Crippen molar-refractivity contribution >= 4 is 74.7 Å². The number of hydrogen-bond acceptors (Lipinski definition) is 5. The van der Waals surface area contributed by atoms with Crippen molar-refractivity contribution in [2.24, 2.45) is 0 Å². The summed E-state index contributed by atoms with van der Waals surface area (Å²) in [6, 6.07) is 18.8. The number of furan rings is 1. The number of methoxy groups -OCH3 is 1. The van der Waals surface area contributed by atoms with Crippen LogP contribution in [0.5, 0.6) is 5.75 Å². The quantitative estimate of drug-likeness (QED) is 0.278. The van der Waals surface area contributed by atoms with Crippen molar-refractivity contribution in [3.05, 3.63) is 88.1 Å². The summed E-state index contributed by atoms with van der Waals surface area (Å²) in [6.45, 7) is 0. The highest BCUT2D eigenvalue weighted by Crippen LogP contribution is 2.32. The van der Waals surface area contributed by atoms with E-state index in [-0.39, 0.29) is 32.2 Å². The van der Waals surface area contributed by atoms with Crippen molar-refractivity contribution in [2.45, 2.75) is 0 Å². The van der Waals surface area contributed by atoms with Gasteiger partial charge in [-0.3, -0.25) is 14.9 Å². The number of anilines is 2. The van der Waals surface area contributed by atoms with Crippen molar-refractivity contribution in [1.82, 2.24) is 5.32 Å².